The molecule has 0 aromatic rings. The Morgan fingerprint density at radius 1 is 1.50 bits per heavy atom. The SMILES string of the molecule is COC(C)(C)CNC(=O)C1(C)CCCCN1. The lowest BCUT2D eigenvalue weighted by Crippen LogP contribution is -2.58. The van der Waals surface area contributed by atoms with Crippen molar-refractivity contribution >= 4 is 5.91 Å². The molecule has 1 aliphatic heterocycles. The van der Waals surface area contributed by atoms with Gasteiger partial charge in [0.25, 0.3) is 0 Å². The normalized spacial score (nSPS) is 26.5. The van der Waals surface area contributed by atoms with Gasteiger partial charge in [0.05, 0.1) is 11.1 Å². The maximum atomic E-state index is 12.1. The zero-order valence-corrected chi connectivity index (χ0v) is 10.9. The van der Waals surface area contributed by atoms with Gasteiger partial charge in [-0.05, 0) is 46.6 Å². The maximum Gasteiger partial charge on any atom is 0.240 e. The summed E-state index contributed by atoms with van der Waals surface area (Å²) in [6, 6.07) is 0. The second kappa shape index (κ2) is 5.15. The molecule has 1 rings (SSSR count). The van der Waals surface area contributed by atoms with Crippen LogP contribution in [0.3, 0.4) is 0 Å². The fourth-order valence-electron chi connectivity index (χ4n) is 1.81. The molecule has 0 spiro atoms. The van der Waals surface area contributed by atoms with Crippen LogP contribution in [0.2, 0.25) is 0 Å². The van der Waals surface area contributed by atoms with Crippen molar-refractivity contribution in [2.75, 3.05) is 20.2 Å². The molecule has 1 aliphatic rings. The van der Waals surface area contributed by atoms with Gasteiger partial charge in [-0.25, -0.2) is 0 Å². The van der Waals surface area contributed by atoms with Crippen LogP contribution in [0.5, 0.6) is 0 Å². The Hall–Kier alpha value is -0.610. The summed E-state index contributed by atoms with van der Waals surface area (Å²) in [5.74, 6) is 0.0809. The minimum Gasteiger partial charge on any atom is -0.377 e. The number of amides is 1. The molecule has 1 fully saturated rings. The highest BCUT2D eigenvalue weighted by Gasteiger charge is 2.34. The van der Waals surface area contributed by atoms with Crippen molar-refractivity contribution in [2.24, 2.45) is 0 Å². The summed E-state index contributed by atoms with van der Waals surface area (Å²) in [6.45, 7) is 7.37. The average Bonchev–Trinajstić information content (AvgIpc) is 2.27. The summed E-state index contributed by atoms with van der Waals surface area (Å²) in [7, 11) is 1.66. The molecule has 0 bridgehead atoms. The summed E-state index contributed by atoms with van der Waals surface area (Å²) in [5, 5.41) is 6.25. The van der Waals surface area contributed by atoms with E-state index in [0.717, 1.165) is 25.8 Å². The number of piperidine rings is 1. The summed E-state index contributed by atoms with van der Waals surface area (Å²) >= 11 is 0. The summed E-state index contributed by atoms with van der Waals surface area (Å²) < 4.78 is 5.27. The van der Waals surface area contributed by atoms with Crippen LogP contribution in [0, 0.1) is 0 Å². The summed E-state index contributed by atoms with van der Waals surface area (Å²) in [6.07, 6.45) is 3.18. The van der Waals surface area contributed by atoms with Crippen LogP contribution >= 0.6 is 0 Å². The third-order valence-electron chi connectivity index (χ3n) is 3.35. The molecule has 0 aromatic carbocycles. The van der Waals surface area contributed by atoms with E-state index in [1.165, 1.54) is 0 Å². The first-order valence-corrected chi connectivity index (χ1v) is 5.98. The topological polar surface area (TPSA) is 50.4 Å². The van der Waals surface area contributed by atoms with E-state index in [-0.39, 0.29) is 11.5 Å². The molecule has 94 valence electrons. The van der Waals surface area contributed by atoms with Gasteiger partial charge in [0.15, 0.2) is 0 Å². The van der Waals surface area contributed by atoms with Gasteiger partial charge in [0.2, 0.25) is 5.91 Å². The number of methoxy groups -OCH3 is 1. The predicted molar refractivity (Wildman–Crippen MR) is 64.4 cm³/mol. The molecule has 1 atom stereocenters. The van der Waals surface area contributed by atoms with Crippen molar-refractivity contribution in [1.82, 2.24) is 10.6 Å². The van der Waals surface area contributed by atoms with Crippen molar-refractivity contribution < 1.29 is 9.53 Å². The molecule has 4 heteroatoms. The van der Waals surface area contributed by atoms with E-state index < -0.39 is 5.54 Å². The number of hydrogen-bond donors (Lipinski definition) is 2. The maximum absolute atomic E-state index is 12.1. The second-order valence-corrected chi connectivity index (χ2v) is 5.36. The van der Waals surface area contributed by atoms with Crippen molar-refractivity contribution in [1.29, 1.82) is 0 Å². The Labute approximate surface area is 98.1 Å². The second-order valence-electron chi connectivity index (χ2n) is 5.36. The molecular weight excluding hydrogens is 204 g/mol. The van der Waals surface area contributed by atoms with Crippen LogP contribution in [-0.4, -0.2) is 37.2 Å². The van der Waals surface area contributed by atoms with Crippen LogP contribution in [-0.2, 0) is 9.53 Å². The van der Waals surface area contributed by atoms with Crippen LogP contribution in [0.25, 0.3) is 0 Å². The van der Waals surface area contributed by atoms with E-state index in [1.54, 1.807) is 7.11 Å². The standard InChI is InChI=1S/C12H24N2O2/c1-11(2,16-4)9-13-10(15)12(3)7-5-6-8-14-12/h14H,5-9H2,1-4H3,(H,13,15). The number of rotatable bonds is 4. The minimum atomic E-state index is -0.401. The van der Waals surface area contributed by atoms with Crippen LogP contribution in [0.1, 0.15) is 40.0 Å². The first kappa shape index (κ1) is 13.5. The summed E-state index contributed by atoms with van der Waals surface area (Å²) in [5.41, 5.74) is -0.706. The first-order chi connectivity index (χ1) is 7.40. The molecule has 1 heterocycles. The summed E-state index contributed by atoms with van der Waals surface area (Å²) in [4.78, 5) is 12.1. The van der Waals surface area contributed by atoms with E-state index in [4.69, 9.17) is 4.74 Å². The average molecular weight is 228 g/mol. The van der Waals surface area contributed by atoms with Gasteiger partial charge in [0.1, 0.15) is 0 Å². The van der Waals surface area contributed by atoms with Gasteiger partial charge in [-0.15, -0.1) is 0 Å². The Bertz CT molecular complexity index is 245. The molecule has 0 saturated carbocycles. The van der Waals surface area contributed by atoms with Crippen molar-refractivity contribution in [3.8, 4) is 0 Å². The Balaban J connectivity index is 2.45. The third-order valence-corrected chi connectivity index (χ3v) is 3.35. The number of nitrogens with one attached hydrogen (secondary N) is 2. The van der Waals surface area contributed by atoms with E-state index >= 15 is 0 Å². The molecule has 2 N–H and O–H groups in total. The van der Waals surface area contributed by atoms with E-state index in [9.17, 15) is 4.79 Å². The molecule has 0 aliphatic carbocycles. The van der Waals surface area contributed by atoms with Gasteiger partial charge in [0, 0.05) is 13.7 Å². The first-order valence-electron chi connectivity index (χ1n) is 5.98. The molecule has 4 nitrogen and oxygen atoms in total. The van der Waals surface area contributed by atoms with E-state index in [0.29, 0.717) is 6.54 Å². The van der Waals surface area contributed by atoms with Gasteiger partial charge in [-0.3, -0.25) is 4.79 Å². The Kier molecular flexibility index (Phi) is 4.33. The molecule has 0 aromatic heterocycles. The molecular formula is C12H24N2O2. The minimum absolute atomic E-state index is 0.0809. The van der Waals surface area contributed by atoms with Crippen molar-refractivity contribution in [2.45, 2.75) is 51.2 Å². The van der Waals surface area contributed by atoms with Crippen LogP contribution < -0.4 is 10.6 Å². The lowest BCUT2D eigenvalue weighted by molar-refractivity contribution is -0.129. The molecule has 1 unspecified atom stereocenters. The monoisotopic (exact) mass is 228 g/mol. The highest BCUT2D eigenvalue weighted by molar-refractivity contribution is 5.86. The quantitative estimate of drug-likeness (QED) is 0.756. The number of hydrogen-bond acceptors (Lipinski definition) is 3. The third kappa shape index (κ3) is 3.46. The fourth-order valence-corrected chi connectivity index (χ4v) is 1.81. The lowest BCUT2D eigenvalue weighted by atomic mass is 9.90. The Morgan fingerprint density at radius 2 is 2.19 bits per heavy atom. The molecule has 16 heavy (non-hydrogen) atoms. The largest absolute Gasteiger partial charge is 0.377 e. The number of carbonyl (C=O) groups excluding carboxylic acids is 1. The molecule has 1 saturated heterocycles. The van der Waals surface area contributed by atoms with Gasteiger partial charge in [-0.1, -0.05) is 0 Å². The predicted octanol–water partition coefficient (Wildman–Crippen LogP) is 1.06. The molecule has 0 radical (unpaired) electrons. The Morgan fingerprint density at radius 3 is 2.69 bits per heavy atom. The van der Waals surface area contributed by atoms with Crippen LogP contribution in [0.4, 0.5) is 0 Å². The lowest BCUT2D eigenvalue weighted by Gasteiger charge is -2.34. The number of ether oxygens (including phenoxy) is 1. The zero-order chi connectivity index (χ0) is 12.2. The number of carbonyl (C=O) groups is 1. The highest BCUT2D eigenvalue weighted by Crippen LogP contribution is 2.19. The fraction of sp³-hybridized carbons (Fsp3) is 0.917. The smallest absolute Gasteiger partial charge is 0.240 e. The van der Waals surface area contributed by atoms with Gasteiger partial charge in [-0.2, -0.15) is 0 Å². The van der Waals surface area contributed by atoms with E-state index in [1.807, 2.05) is 20.8 Å². The van der Waals surface area contributed by atoms with Crippen molar-refractivity contribution in [3.63, 3.8) is 0 Å². The highest BCUT2D eigenvalue weighted by atomic mass is 16.5. The van der Waals surface area contributed by atoms with Gasteiger partial charge >= 0.3 is 0 Å². The van der Waals surface area contributed by atoms with Gasteiger partial charge < -0.3 is 15.4 Å². The van der Waals surface area contributed by atoms with Crippen molar-refractivity contribution in [3.05, 3.63) is 0 Å². The zero-order valence-electron chi connectivity index (χ0n) is 10.9. The van der Waals surface area contributed by atoms with E-state index in [2.05, 4.69) is 10.6 Å². The molecule has 1 amide bonds. The van der Waals surface area contributed by atoms with Crippen LogP contribution in [0.15, 0.2) is 0 Å².